The van der Waals surface area contributed by atoms with Crippen LogP contribution in [-0.4, -0.2) is 39.0 Å². The van der Waals surface area contributed by atoms with Crippen LogP contribution in [-0.2, 0) is 9.47 Å². The average molecular weight is 187 g/mol. The summed E-state index contributed by atoms with van der Waals surface area (Å²) in [6.07, 6.45) is 4.06. The Hall–Kier alpha value is -0.120. The van der Waals surface area contributed by atoms with Gasteiger partial charge in [0.25, 0.3) is 0 Å². The van der Waals surface area contributed by atoms with Gasteiger partial charge >= 0.3 is 0 Å². The van der Waals surface area contributed by atoms with Crippen molar-refractivity contribution in [2.75, 3.05) is 26.9 Å². The van der Waals surface area contributed by atoms with E-state index < -0.39 is 0 Å². The van der Waals surface area contributed by atoms with Crippen LogP contribution in [0.15, 0.2) is 0 Å². The maximum Gasteiger partial charge on any atom is 0.0701 e. The van der Waals surface area contributed by atoms with Gasteiger partial charge in [0.2, 0.25) is 0 Å². The van der Waals surface area contributed by atoms with E-state index in [1.807, 2.05) is 0 Å². The van der Waals surface area contributed by atoms with E-state index in [1.165, 1.54) is 19.3 Å². The number of methoxy groups -OCH3 is 1. The molecule has 78 valence electrons. The molecular formula is C10H21NO2. The van der Waals surface area contributed by atoms with Gasteiger partial charge in [-0.25, -0.2) is 0 Å². The summed E-state index contributed by atoms with van der Waals surface area (Å²) in [5.74, 6) is 0. The van der Waals surface area contributed by atoms with Gasteiger partial charge in [-0.05, 0) is 19.8 Å². The first kappa shape index (κ1) is 11.0. The van der Waals surface area contributed by atoms with Gasteiger partial charge in [-0.1, -0.05) is 6.42 Å². The zero-order valence-electron chi connectivity index (χ0n) is 8.71. The molecule has 1 rings (SSSR count). The van der Waals surface area contributed by atoms with Crippen LogP contribution in [0.25, 0.3) is 0 Å². The summed E-state index contributed by atoms with van der Waals surface area (Å²) >= 11 is 0. The molecule has 13 heavy (non-hydrogen) atoms. The van der Waals surface area contributed by atoms with Gasteiger partial charge in [0, 0.05) is 19.2 Å². The topological polar surface area (TPSA) is 30.5 Å². The fourth-order valence-corrected chi connectivity index (χ4v) is 1.43. The van der Waals surface area contributed by atoms with Gasteiger partial charge in [-0.3, -0.25) is 0 Å². The SMILES string of the molecule is COCCOCC(C)NC1CCC1. The largest absolute Gasteiger partial charge is 0.382 e. The highest BCUT2D eigenvalue weighted by atomic mass is 16.5. The molecule has 3 heteroatoms. The van der Waals surface area contributed by atoms with Crippen molar-refractivity contribution in [3.63, 3.8) is 0 Å². The van der Waals surface area contributed by atoms with E-state index in [1.54, 1.807) is 7.11 Å². The van der Waals surface area contributed by atoms with Crippen molar-refractivity contribution in [1.82, 2.24) is 5.32 Å². The summed E-state index contributed by atoms with van der Waals surface area (Å²) in [7, 11) is 1.69. The Bertz CT molecular complexity index is 126. The number of hydrogen-bond donors (Lipinski definition) is 1. The van der Waals surface area contributed by atoms with Crippen molar-refractivity contribution >= 4 is 0 Å². The number of hydrogen-bond acceptors (Lipinski definition) is 3. The van der Waals surface area contributed by atoms with Crippen LogP contribution >= 0.6 is 0 Å². The van der Waals surface area contributed by atoms with Gasteiger partial charge in [0.1, 0.15) is 0 Å². The molecule has 0 aromatic carbocycles. The van der Waals surface area contributed by atoms with E-state index >= 15 is 0 Å². The molecule has 0 radical (unpaired) electrons. The molecule has 0 heterocycles. The Labute approximate surface area is 80.8 Å². The Balaban J connectivity index is 1.87. The van der Waals surface area contributed by atoms with Crippen LogP contribution < -0.4 is 5.32 Å². The summed E-state index contributed by atoms with van der Waals surface area (Å²) < 4.78 is 10.3. The Kier molecular flexibility index (Phi) is 5.35. The minimum absolute atomic E-state index is 0.474. The van der Waals surface area contributed by atoms with Crippen molar-refractivity contribution in [3.05, 3.63) is 0 Å². The molecule has 0 aliphatic heterocycles. The molecule has 1 fully saturated rings. The molecule has 0 amide bonds. The van der Waals surface area contributed by atoms with Crippen LogP contribution in [0.1, 0.15) is 26.2 Å². The number of ether oxygens (including phenoxy) is 2. The van der Waals surface area contributed by atoms with Crippen molar-refractivity contribution in [3.8, 4) is 0 Å². The van der Waals surface area contributed by atoms with Crippen LogP contribution in [0, 0.1) is 0 Å². The fraction of sp³-hybridized carbons (Fsp3) is 1.00. The van der Waals surface area contributed by atoms with Crippen molar-refractivity contribution < 1.29 is 9.47 Å². The van der Waals surface area contributed by atoms with Crippen molar-refractivity contribution in [1.29, 1.82) is 0 Å². The fourth-order valence-electron chi connectivity index (χ4n) is 1.43. The van der Waals surface area contributed by atoms with E-state index in [0.29, 0.717) is 19.3 Å². The predicted molar refractivity (Wildman–Crippen MR) is 52.9 cm³/mol. The summed E-state index contributed by atoms with van der Waals surface area (Å²) in [6, 6.07) is 1.23. The highest BCUT2D eigenvalue weighted by Crippen LogP contribution is 2.18. The Morgan fingerprint density at radius 3 is 2.69 bits per heavy atom. The van der Waals surface area contributed by atoms with Gasteiger partial charge in [-0.15, -0.1) is 0 Å². The maximum atomic E-state index is 5.42. The first-order valence-corrected chi connectivity index (χ1v) is 5.15. The summed E-state index contributed by atoms with van der Waals surface area (Å²) in [5, 5.41) is 3.53. The molecule has 0 aromatic heterocycles. The van der Waals surface area contributed by atoms with E-state index in [-0.39, 0.29) is 0 Å². The standard InChI is InChI=1S/C10H21NO2/c1-9(8-13-7-6-12-2)11-10-4-3-5-10/h9-11H,3-8H2,1-2H3. The normalized spacial score (nSPS) is 19.8. The maximum absolute atomic E-state index is 5.42. The summed E-state index contributed by atoms with van der Waals surface area (Å²) in [5.41, 5.74) is 0. The highest BCUT2D eigenvalue weighted by molar-refractivity contribution is 4.78. The smallest absolute Gasteiger partial charge is 0.0701 e. The first-order chi connectivity index (χ1) is 6.33. The molecule has 1 N–H and O–H groups in total. The molecular weight excluding hydrogens is 166 g/mol. The van der Waals surface area contributed by atoms with Crippen molar-refractivity contribution in [2.45, 2.75) is 38.3 Å². The third-order valence-corrected chi connectivity index (χ3v) is 2.43. The summed E-state index contributed by atoms with van der Waals surface area (Å²) in [4.78, 5) is 0. The van der Waals surface area contributed by atoms with Crippen LogP contribution in [0.3, 0.4) is 0 Å². The van der Waals surface area contributed by atoms with Crippen LogP contribution in [0.5, 0.6) is 0 Å². The third kappa shape index (κ3) is 4.60. The molecule has 1 aliphatic rings. The molecule has 0 aromatic rings. The van der Waals surface area contributed by atoms with Gasteiger partial charge < -0.3 is 14.8 Å². The molecule has 0 saturated heterocycles. The molecule has 3 nitrogen and oxygen atoms in total. The molecule has 0 bridgehead atoms. The molecule has 1 atom stereocenters. The number of nitrogens with one attached hydrogen (secondary N) is 1. The van der Waals surface area contributed by atoms with Crippen LogP contribution in [0.2, 0.25) is 0 Å². The second-order valence-corrected chi connectivity index (χ2v) is 3.76. The van der Waals surface area contributed by atoms with E-state index in [2.05, 4.69) is 12.2 Å². The van der Waals surface area contributed by atoms with Gasteiger partial charge in [-0.2, -0.15) is 0 Å². The third-order valence-electron chi connectivity index (χ3n) is 2.43. The lowest BCUT2D eigenvalue weighted by molar-refractivity contribution is 0.0575. The molecule has 0 spiro atoms. The average Bonchev–Trinajstić information content (AvgIpc) is 2.06. The Morgan fingerprint density at radius 2 is 2.15 bits per heavy atom. The van der Waals surface area contributed by atoms with E-state index in [9.17, 15) is 0 Å². The first-order valence-electron chi connectivity index (χ1n) is 5.15. The zero-order valence-corrected chi connectivity index (χ0v) is 8.71. The minimum atomic E-state index is 0.474. The number of rotatable bonds is 7. The van der Waals surface area contributed by atoms with Crippen LogP contribution in [0.4, 0.5) is 0 Å². The predicted octanol–water partition coefficient (Wildman–Crippen LogP) is 1.18. The summed E-state index contributed by atoms with van der Waals surface area (Å²) in [6.45, 7) is 4.36. The Morgan fingerprint density at radius 1 is 1.38 bits per heavy atom. The lowest BCUT2D eigenvalue weighted by Gasteiger charge is -2.29. The second kappa shape index (κ2) is 6.35. The van der Waals surface area contributed by atoms with Gasteiger partial charge in [0.05, 0.1) is 19.8 Å². The quantitative estimate of drug-likeness (QED) is 0.607. The molecule has 1 unspecified atom stereocenters. The lowest BCUT2D eigenvalue weighted by Crippen LogP contribution is -2.43. The van der Waals surface area contributed by atoms with E-state index in [0.717, 1.165) is 12.6 Å². The minimum Gasteiger partial charge on any atom is -0.382 e. The molecule has 1 aliphatic carbocycles. The van der Waals surface area contributed by atoms with Gasteiger partial charge in [0.15, 0.2) is 0 Å². The van der Waals surface area contributed by atoms with E-state index in [4.69, 9.17) is 9.47 Å². The zero-order chi connectivity index (χ0) is 9.52. The molecule has 1 saturated carbocycles. The van der Waals surface area contributed by atoms with Crippen molar-refractivity contribution in [2.24, 2.45) is 0 Å². The highest BCUT2D eigenvalue weighted by Gasteiger charge is 2.18. The monoisotopic (exact) mass is 187 g/mol. The lowest BCUT2D eigenvalue weighted by atomic mass is 9.92. The second-order valence-electron chi connectivity index (χ2n) is 3.76.